The van der Waals surface area contributed by atoms with Crippen molar-refractivity contribution in [1.82, 2.24) is 5.43 Å². The summed E-state index contributed by atoms with van der Waals surface area (Å²) in [5.74, 6) is -0.227. The highest BCUT2D eigenvalue weighted by Crippen LogP contribution is 2.37. The molecule has 0 saturated heterocycles. The van der Waals surface area contributed by atoms with E-state index in [1.54, 1.807) is 30.3 Å². The topological polar surface area (TPSA) is 109 Å². The van der Waals surface area contributed by atoms with Crippen molar-refractivity contribution in [2.75, 3.05) is 11.9 Å². The maximum Gasteiger partial charge on any atom is 0.339 e. The number of hydrogen-bond donors (Lipinski definition) is 3. The van der Waals surface area contributed by atoms with Crippen LogP contribution in [0.5, 0.6) is 11.5 Å². The number of carbonyl (C=O) groups is 2. The molecule has 0 aliphatic heterocycles. The molecule has 0 aliphatic rings. The number of carboxylic acid groups (broad SMARTS) is 1. The lowest BCUT2D eigenvalue weighted by atomic mass is 10.1. The van der Waals surface area contributed by atoms with E-state index < -0.39 is 12.0 Å². The molecule has 10 heteroatoms. The van der Waals surface area contributed by atoms with Crippen molar-refractivity contribution in [3.8, 4) is 11.5 Å². The quantitative estimate of drug-likeness (QED) is 0.212. The number of nitrogens with one attached hydrogen (secondary N) is 2. The first kappa shape index (κ1) is 26.1. The molecule has 0 fully saturated rings. The van der Waals surface area contributed by atoms with Crippen LogP contribution in [0, 0.1) is 6.92 Å². The van der Waals surface area contributed by atoms with E-state index >= 15 is 0 Å². The lowest BCUT2D eigenvalue weighted by Gasteiger charge is -2.14. The summed E-state index contributed by atoms with van der Waals surface area (Å²) in [6.45, 7) is 4.31. The van der Waals surface area contributed by atoms with Crippen molar-refractivity contribution < 1.29 is 24.2 Å². The Morgan fingerprint density at radius 2 is 1.86 bits per heavy atom. The number of urea groups is 1. The van der Waals surface area contributed by atoms with Gasteiger partial charge in [-0.15, -0.1) is 0 Å². The van der Waals surface area contributed by atoms with Crippen LogP contribution < -0.4 is 20.2 Å². The molecule has 0 aromatic heterocycles. The van der Waals surface area contributed by atoms with Gasteiger partial charge < -0.3 is 19.9 Å². The molecule has 0 bridgehead atoms. The Morgan fingerprint density at radius 3 is 2.51 bits per heavy atom. The molecule has 0 unspecified atom stereocenters. The molecule has 0 atom stereocenters. The van der Waals surface area contributed by atoms with Gasteiger partial charge in [0.2, 0.25) is 0 Å². The predicted octanol–water partition coefficient (Wildman–Crippen LogP) is 6.24. The largest absolute Gasteiger partial charge is 0.490 e. The standard InChI is InChI=1S/C25H23BrClN3O5/c1-3-34-22-12-17(13-28-30-25(33)29-19-8-9-20(26)15(2)10-19)11-21(27)23(22)35-14-16-4-6-18(7-5-16)24(31)32/h4-13H,3,14H2,1-2H3,(H,31,32)(H2,29,30,33)/b28-13+. The van der Waals surface area contributed by atoms with Crippen molar-refractivity contribution in [3.63, 3.8) is 0 Å². The first-order chi connectivity index (χ1) is 16.8. The van der Waals surface area contributed by atoms with E-state index in [1.807, 2.05) is 26.0 Å². The van der Waals surface area contributed by atoms with Crippen LogP contribution in [0.2, 0.25) is 5.02 Å². The highest BCUT2D eigenvalue weighted by atomic mass is 79.9. The normalized spacial score (nSPS) is 10.7. The van der Waals surface area contributed by atoms with Crippen molar-refractivity contribution in [3.05, 3.63) is 86.3 Å². The Balaban J connectivity index is 1.65. The number of halogens is 2. The molecule has 3 N–H and O–H groups in total. The summed E-state index contributed by atoms with van der Waals surface area (Å²) in [4.78, 5) is 23.1. The van der Waals surface area contributed by atoms with Gasteiger partial charge in [-0.3, -0.25) is 0 Å². The van der Waals surface area contributed by atoms with E-state index in [0.717, 1.165) is 15.6 Å². The lowest BCUT2D eigenvalue weighted by molar-refractivity contribution is 0.0696. The molecule has 3 rings (SSSR count). The van der Waals surface area contributed by atoms with Crippen LogP contribution >= 0.6 is 27.5 Å². The Hall–Kier alpha value is -3.56. The fraction of sp³-hybridized carbons (Fsp3) is 0.160. The number of hydrogen-bond acceptors (Lipinski definition) is 5. The average Bonchev–Trinajstić information content (AvgIpc) is 2.81. The summed E-state index contributed by atoms with van der Waals surface area (Å²) < 4.78 is 12.5. The highest BCUT2D eigenvalue weighted by Gasteiger charge is 2.13. The van der Waals surface area contributed by atoms with Crippen LogP contribution in [0.3, 0.4) is 0 Å². The molecule has 8 nitrogen and oxygen atoms in total. The average molecular weight is 561 g/mol. The van der Waals surface area contributed by atoms with Gasteiger partial charge in [-0.25, -0.2) is 15.0 Å². The molecule has 0 aliphatic carbocycles. The second-order valence-corrected chi connectivity index (χ2v) is 8.60. The summed E-state index contributed by atoms with van der Waals surface area (Å²) in [6, 6.07) is 14.6. The molecule has 2 amide bonds. The van der Waals surface area contributed by atoms with Gasteiger partial charge in [-0.05, 0) is 73.0 Å². The lowest BCUT2D eigenvalue weighted by Crippen LogP contribution is -2.24. The third kappa shape index (κ3) is 7.46. The van der Waals surface area contributed by atoms with E-state index in [0.29, 0.717) is 34.4 Å². The number of hydrazone groups is 1. The van der Waals surface area contributed by atoms with Gasteiger partial charge in [-0.2, -0.15) is 5.10 Å². The molecule has 3 aromatic carbocycles. The molecule has 35 heavy (non-hydrogen) atoms. The number of anilines is 1. The predicted molar refractivity (Wildman–Crippen MR) is 139 cm³/mol. The van der Waals surface area contributed by atoms with Gasteiger partial charge in [0.25, 0.3) is 0 Å². The summed E-state index contributed by atoms with van der Waals surface area (Å²) in [6.07, 6.45) is 1.44. The van der Waals surface area contributed by atoms with Crippen LogP contribution in [0.1, 0.15) is 34.0 Å². The van der Waals surface area contributed by atoms with E-state index in [-0.39, 0.29) is 12.2 Å². The smallest absolute Gasteiger partial charge is 0.339 e. The van der Waals surface area contributed by atoms with Crippen LogP contribution in [0.4, 0.5) is 10.5 Å². The van der Waals surface area contributed by atoms with E-state index in [4.69, 9.17) is 26.2 Å². The molecule has 0 saturated carbocycles. The number of ether oxygens (including phenoxy) is 2. The Kier molecular flexibility index (Phi) is 9.11. The summed E-state index contributed by atoms with van der Waals surface area (Å²) in [7, 11) is 0. The van der Waals surface area contributed by atoms with E-state index in [2.05, 4.69) is 31.8 Å². The van der Waals surface area contributed by atoms with Crippen LogP contribution in [-0.2, 0) is 6.61 Å². The maximum atomic E-state index is 12.1. The minimum atomic E-state index is -0.994. The molecule has 3 aromatic rings. The van der Waals surface area contributed by atoms with Crippen molar-refractivity contribution >= 4 is 51.4 Å². The van der Waals surface area contributed by atoms with Crippen molar-refractivity contribution in [2.45, 2.75) is 20.5 Å². The maximum absolute atomic E-state index is 12.1. The van der Waals surface area contributed by atoms with Gasteiger partial charge in [0.1, 0.15) is 6.61 Å². The Morgan fingerprint density at radius 1 is 1.11 bits per heavy atom. The summed E-state index contributed by atoms with van der Waals surface area (Å²) in [5, 5.41) is 16.0. The first-order valence-corrected chi connectivity index (χ1v) is 11.7. The van der Waals surface area contributed by atoms with E-state index in [9.17, 15) is 9.59 Å². The van der Waals surface area contributed by atoms with Gasteiger partial charge in [0.05, 0.1) is 23.4 Å². The molecule has 0 spiro atoms. The monoisotopic (exact) mass is 559 g/mol. The number of rotatable bonds is 9. The summed E-state index contributed by atoms with van der Waals surface area (Å²) >= 11 is 9.85. The molecule has 0 heterocycles. The molecular weight excluding hydrogens is 538 g/mol. The summed E-state index contributed by atoms with van der Waals surface area (Å²) in [5.41, 5.74) is 5.60. The van der Waals surface area contributed by atoms with Crippen LogP contribution in [-0.4, -0.2) is 29.9 Å². The zero-order valence-corrected chi connectivity index (χ0v) is 21.3. The van der Waals surface area contributed by atoms with Gasteiger partial charge in [-0.1, -0.05) is 39.7 Å². The minimum Gasteiger partial charge on any atom is -0.490 e. The molecule has 182 valence electrons. The number of carboxylic acids is 1. The Labute approximate surface area is 216 Å². The third-order valence-corrected chi connectivity index (χ3v) is 5.88. The van der Waals surface area contributed by atoms with Crippen LogP contribution in [0.15, 0.2) is 64.2 Å². The van der Waals surface area contributed by atoms with Crippen molar-refractivity contribution in [2.24, 2.45) is 5.10 Å². The molecular formula is C25H23BrClN3O5. The van der Waals surface area contributed by atoms with Crippen LogP contribution in [0.25, 0.3) is 0 Å². The fourth-order valence-electron chi connectivity index (χ4n) is 3.01. The number of benzene rings is 3. The first-order valence-electron chi connectivity index (χ1n) is 10.5. The number of carbonyl (C=O) groups excluding carboxylic acids is 1. The Bertz CT molecular complexity index is 1250. The number of aromatic carboxylic acids is 1. The third-order valence-electron chi connectivity index (χ3n) is 4.71. The van der Waals surface area contributed by atoms with E-state index in [1.165, 1.54) is 18.3 Å². The molecule has 0 radical (unpaired) electrons. The second-order valence-electron chi connectivity index (χ2n) is 7.34. The minimum absolute atomic E-state index is 0.171. The SMILES string of the molecule is CCOc1cc(/C=N/NC(=O)Nc2ccc(Br)c(C)c2)cc(Cl)c1OCc1ccc(C(=O)O)cc1. The zero-order valence-electron chi connectivity index (χ0n) is 19.0. The number of aryl methyl sites for hydroxylation is 1. The second kappa shape index (κ2) is 12.2. The fourth-order valence-corrected chi connectivity index (χ4v) is 3.53. The van der Waals surface area contributed by atoms with Gasteiger partial charge in [0.15, 0.2) is 11.5 Å². The van der Waals surface area contributed by atoms with Gasteiger partial charge in [0, 0.05) is 10.2 Å². The zero-order chi connectivity index (χ0) is 25.4. The number of nitrogens with zero attached hydrogens (tertiary/aromatic N) is 1. The highest BCUT2D eigenvalue weighted by molar-refractivity contribution is 9.10. The van der Waals surface area contributed by atoms with Gasteiger partial charge >= 0.3 is 12.0 Å². The number of amides is 2. The van der Waals surface area contributed by atoms with Crippen molar-refractivity contribution in [1.29, 1.82) is 0 Å².